The van der Waals surface area contributed by atoms with Gasteiger partial charge in [-0.1, -0.05) is 46.9 Å². The van der Waals surface area contributed by atoms with Crippen LogP contribution >= 0.6 is 22.6 Å². The Hall–Kier alpha value is -3.31. The maximum absolute atomic E-state index is 13.4. The van der Waals surface area contributed by atoms with Crippen molar-refractivity contribution in [3.05, 3.63) is 53.1 Å². The zero-order valence-corrected chi connectivity index (χ0v) is 24.2. The number of benzene rings is 2. The topological polar surface area (TPSA) is 237 Å². The van der Waals surface area contributed by atoms with E-state index in [0.717, 1.165) is 11.1 Å². The van der Waals surface area contributed by atoms with E-state index < -0.39 is 60.6 Å². The van der Waals surface area contributed by atoms with E-state index in [0.29, 0.717) is 21.1 Å². The molecule has 0 aliphatic carbocycles. The first kappa shape index (κ1) is 32.2. The smallest absolute Gasteiger partial charge is 0.328 e. The van der Waals surface area contributed by atoms with Gasteiger partial charge in [0.2, 0.25) is 17.7 Å². The predicted octanol–water partition coefficient (Wildman–Crippen LogP) is -1.34. The van der Waals surface area contributed by atoms with Gasteiger partial charge in [-0.3, -0.25) is 14.4 Å². The zero-order valence-electron chi connectivity index (χ0n) is 22.0. The summed E-state index contributed by atoms with van der Waals surface area (Å²) < 4.78 is 0.557. The van der Waals surface area contributed by atoms with Crippen LogP contribution in [0.25, 0.3) is 11.1 Å². The Kier molecular flexibility index (Phi) is 11.4. The van der Waals surface area contributed by atoms with Gasteiger partial charge in [0.05, 0.1) is 18.8 Å². The SMILES string of the molecule is NC[C@H](O)C[C@@H]1NC(=O)[C@@H](N)Cc2cc(ccc2O)-c2ccc(CI)c(c2)C[C@@H](C(=O)N[C@@H](CO)C(=O)O)NC1=O. The van der Waals surface area contributed by atoms with Crippen LogP contribution in [0, 0.1) is 0 Å². The third-order valence-corrected chi connectivity index (χ3v) is 7.63. The number of alkyl halides is 1. The number of phenolic OH excluding ortho intramolecular Hbond substituents is 1. The summed E-state index contributed by atoms with van der Waals surface area (Å²) in [5.41, 5.74) is 15.0. The number of fused-ring (bicyclic) bond motifs is 5. The van der Waals surface area contributed by atoms with Gasteiger partial charge in [0.1, 0.15) is 23.9 Å². The lowest BCUT2D eigenvalue weighted by molar-refractivity contribution is -0.143. The third kappa shape index (κ3) is 8.36. The Balaban J connectivity index is 2.14. The number of carbonyl (C=O) groups excluding carboxylic acids is 3. The van der Waals surface area contributed by atoms with Crippen molar-refractivity contribution in [1.82, 2.24) is 16.0 Å². The minimum absolute atomic E-state index is 0.0548. The van der Waals surface area contributed by atoms with Crippen molar-refractivity contribution in [2.45, 2.75) is 54.0 Å². The number of hydrogen-bond donors (Lipinski definition) is 9. The van der Waals surface area contributed by atoms with Crippen molar-refractivity contribution < 1.29 is 39.6 Å². The molecule has 0 radical (unpaired) electrons. The van der Waals surface area contributed by atoms with Crippen LogP contribution < -0.4 is 27.4 Å². The zero-order chi connectivity index (χ0) is 30.3. The minimum Gasteiger partial charge on any atom is -0.508 e. The minimum atomic E-state index is -1.62. The molecule has 1 aliphatic heterocycles. The van der Waals surface area contributed by atoms with Gasteiger partial charge < -0.3 is 47.8 Å². The summed E-state index contributed by atoms with van der Waals surface area (Å²) in [6.45, 7) is -1.09. The molecular weight excluding hydrogens is 649 g/mol. The summed E-state index contributed by atoms with van der Waals surface area (Å²) in [5.74, 6) is -3.98. The lowest BCUT2D eigenvalue weighted by Gasteiger charge is -2.26. The second-order valence-corrected chi connectivity index (χ2v) is 10.6. The van der Waals surface area contributed by atoms with Crippen molar-refractivity contribution in [2.75, 3.05) is 13.2 Å². The Morgan fingerprint density at radius 1 is 1.05 bits per heavy atom. The summed E-state index contributed by atoms with van der Waals surface area (Å²) in [6.07, 6.45) is -1.59. The number of carbonyl (C=O) groups is 4. The van der Waals surface area contributed by atoms with E-state index in [-0.39, 0.29) is 31.6 Å². The molecular formula is C27H34IN5O8. The molecule has 0 saturated carbocycles. The molecule has 4 bridgehead atoms. The van der Waals surface area contributed by atoms with Crippen LogP contribution in [0.1, 0.15) is 23.1 Å². The highest BCUT2D eigenvalue weighted by molar-refractivity contribution is 14.1. The van der Waals surface area contributed by atoms with Gasteiger partial charge in [-0.2, -0.15) is 0 Å². The number of rotatable bonds is 8. The molecule has 5 atom stereocenters. The summed E-state index contributed by atoms with van der Waals surface area (Å²) >= 11 is 2.16. The molecule has 0 unspecified atom stereocenters. The van der Waals surface area contributed by atoms with Crippen molar-refractivity contribution in [1.29, 1.82) is 0 Å². The molecule has 3 amide bonds. The molecule has 2 aromatic rings. The van der Waals surface area contributed by atoms with Crippen LogP contribution in [0.15, 0.2) is 36.4 Å². The number of aromatic hydroxyl groups is 1. The number of aliphatic carboxylic acids is 1. The summed E-state index contributed by atoms with van der Waals surface area (Å²) in [5, 5.41) is 46.7. The first-order valence-electron chi connectivity index (χ1n) is 12.9. The van der Waals surface area contributed by atoms with Gasteiger partial charge in [0.15, 0.2) is 0 Å². The van der Waals surface area contributed by atoms with E-state index in [1.54, 1.807) is 12.1 Å². The highest BCUT2D eigenvalue weighted by atomic mass is 127. The number of amides is 3. The maximum Gasteiger partial charge on any atom is 0.328 e. The number of aliphatic hydroxyl groups excluding tert-OH is 2. The van der Waals surface area contributed by atoms with E-state index >= 15 is 0 Å². The Labute approximate surface area is 249 Å². The largest absolute Gasteiger partial charge is 0.508 e. The Morgan fingerprint density at radius 2 is 1.71 bits per heavy atom. The van der Waals surface area contributed by atoms with Gasteiger partial charge in [-0.15, -0.1) is 0 Å². The molecule has 11 N–H and O–H groups in total. The molecule has 1 heterocycles. The average Bonchev–Trinajstić information content (AvgIpc) is 2.95. The number of carboxylic acids is 1. The molecule has 2 aromatic carbocycles. The van der Waals surface area contributed by atoms with Crippen molar-refractivity contribution in [3.63, 3.8) is 0 Å². The molecule has 13 nitrogen and oxygen atoms in total. The fourth-order valence-corrected chi connectivity index (χ4v) is 5.17. The predicted molar refractivity (Wildman–Crippen MR) is 157 cm³/mol. The summed E-state index contributed by atoms with van der Waals surface area (Å²) in [6, 6.07) is 4.97. The summed E-state index contributed by atoms with van der Waals surface area (Å²) in [7, 11) is 0. The first-order valence-corrected chi connectivity index (χ1v) is 14.4. The van der Waals surface area contributed by atoms with Crippen molar-refractivity contribution >= 4 is 46.3 Å². The molecule has 0 saturated heterocycles. The van der Waals surface area contributed by atoms with Gasteiger partial charge in [0, 0.05) is 30.2 Å². The van der Waals surface area contributed by atoms with E-state index in [9.17, 15) is 39.6 Å². The van der Waals surface area contributed by atoms with Gasteiger partial charge in [-0.25, -0.2) is 4.79 Å². The fraction of sp³-hybridized carbons (Fsp3) is 0.407. The van der Waals surface area contributed by atoms with Crippen LogP contribution in [0.3, 0.4) is 0 Å². The normalized spacial score (nSPS) is 21.0. The van der Waals surface area contributed by atoms with E-state index in [1.807, 2.05) is 18.2 Å². The highest BCUT2D eigenvalue weighted by Crippen LogP contribution is 2.29. The number of aliphatic hydroxyl groups is 2. The van der Waals surface area contributed by atoms with Crippen LogP contribution in [0.5, 0.6) is 5.75 Å². The van der Waals surface area contributed by atoms with Crippen molar-refractivity contribution in [3.8, 4) is 16.9 Å². The van der Waals surface area contributed by atoms with Gasteiger partial charge in [0.25, 0.3) is 0 Å². The van der Waals surface area contributed by atoms with Crippen LogP contribution in [0.2, 0.25) is 0 Å². The molecule has 0 spiro atoms. The maximum atomic E-state index is 13.4. The summed E-state index contributed by atoms with van der Waals surface area (Å²) in [4.78, 5) is 51.2. The van der Waals surface area contributed by atoms with E-state index in [4.69, 9.17) is 11.5 Å². The third-order valence-electron chi connectivity index (χ3n) is 6.81. The molecule has 1 aliphatic rings. The van der Waals surface area contributed by atoms with Crippen LogP contribution in [0.4, 0.5) is 0 Å². The van der Waals surface area contributed by atoms with E-state index in [2.05, 4.69) is 38.5 Å². The Bertz CT molecular complexity index is 1290. The molecule has 222 valence electrons. The molecule has 0 aromatic heterocycles. The molecule has 14 heteroatoms. The monoisotopic (exact) mass is 683 g/mol. The number of nitrogens with one attached hydrogen (secondary N) is 3. The average molecular weight is 684 g/mol. The van der Waals surface area contributed by atoms with E-state index in [1.165, 1.54) is 6.07 Å². The van der Waals surface area contributed by atoms with Crippen molar-refractivity contribution in [2.24, 2.45) is 11.5 Å². The number of halogens is 1. The standard InChI is InChI=1S/C27H34IN5O8/c28-10-15-2-1-13-5-16(15)8-20(25(38)33-22(12-34)27(40)41)32-26(39)21(9-18(35)11-29)31-24(37)19(30)7-17-6-14(13)3-4-23(17)36/h1-6,18-22,34-36H,7-12,29-30H2,(H,31,37)(H,32,39)(H,33,38)(H,40,41)/t18-,19+,20+,21+,22+/m1/s1. The Morgan fingerprint density at radius 3 is 2.32 bits per heavy atom. The highest BCUT2D eigenvalue weighted by Gasteiger charge is 2.32. The number of carboxylic acid groups (broad SMARTS) is 1. The number of phenols is 1. The molecule has 0 fully saturated rings. The number of hydrogen-bond acceptors (Lipinski definition) is 9. The number of nitrogens with two attached hydrogens (primary N) is 2. The second kappa shape index (κ2) is 14.5. The van der Waals surface area contributed by atoms with Crippen LogP contribution in [-0.4, -0.2) is 87.5 Å². The quantitative estimate of drug-likeness (QED) is 0.117. The molecule has 41 heavy (non-hydrogen) atoms. The fourth-order valence-electron chi connectivity index (χ4n) is 4.42. The first-order chi connectivity index (χ1) is 19.5. The second-order valence-electron chi connectivity index (χ2n) is 9.80. The lowest BCUT2D eigenvalue weighted by Crippen LogP contribution is -2.58. The lowest BCUT2D eigenvalue weighted by atomic mass is 9.93. The van der Waals surface area contributed by atoms with Gasteiger partial charge >= 0.3 is 5.97 Å². The molecule has 3 rings (SSSR count). The van der Waals surface area contributed by atoms with Gasteiger partial charge in [-0.05, 0) is 39.9 Å². The van der Waals surface area contributed by atoms with Crippen LogP contribution in [-0.2, 0) is 36.4 Å².